The minimum absolute atomic E-state index is 0.00273. The summed E-state index contributed by atoms with van der Waals surface area (Å²) in [5.41, 5.74) is 0. The standard InChI is InChI=1S/C11H20N2O3/c1-4-6-13(7-5-2)10(14)9-8-16-11(15)12(9)3/h9H,4-8H2,1-3H3. The Morgan fingerprint density at radius 2 is 2.00 bits per heavy atom. The number of cyclic esters (lactones) is 1. The minimum Gasteiger partial charge on any atom is -0.447 e. The first kappa shape index (κ1) is 12.8. The summed E-state index contributed by atoms with van der Waals surface area (Å²) in [6, 6.07) is -0.439. The molecule has 0 aromatic heterocycles. The summed E-state index contributed by atoms with van der Waals surface area (Å²) in [5, 5.41) is 0. The molecular weight excluding hydrogens is 208 g/mol. The van der Waals surface area contributed by atoms with Gasteiger partial charge in [-0.25, -0.2) is 4.79 Å². The summed E-state index contributed by atoms with van der Waals surface area (Å²) in [6.45, 7) is 5.74. The fraction of sp³-hybridized carbons (Fsp3) is 0.818. The van der Waals surface area contributed by atoms with Crippen LogP contribution >= 0.6 is 0 Å². The maximum Gasteiger partial charge on any atom is 0.410 e. The van der Waals surface area contributed by atoms with Gasteiger partial charge >= 0.3 is 6.09 Å². The molecule has 0 radical (unpaired) electrons. The molecule has 1 aliphatic rings. The fourth-order valence-corrected chi connectivity index (χ4v) is 1.81. The predicted molar refractivity (Wildman–Crippen MR) is 60.1 cm³/mol. The molecule has 0 saturated carbocycles. The number of amides is 2. The summed E-state index contributed by atoms with van der Waals surface area (Å²) in [4.78, 5) is 26.5. The van der Waals surface area contributed by atoms with Gasteiger partial charge in [0, 0.05) is 20.1 Å². The van der Waals surface area contributed by atoms with Gasteiger partial charge in [-0.1, -0.05) is 13.8 Å². The molecule has 5 nitrogen and oxygen atoms in total. The largest absolute Gasteiger partial charge is 0.447 e. The average Bonchev–Trinajstić information content (AvgIpc) is 2.59. The van der Waals surface area contributed by atoms with E-state index in [2.05, 4.69) is 0 Å². The molecular formula is C11H20N2O3. The van der Waals surface area contributed by atoms with Crippen molar-refractivity contribution in [3.8, 4) is 0 Å². The quantitative estimate of drug-likeness (QED) is 0.707. The molecule has 2 amide bonds. The van der Waals surface area contributed by atoms with E-state index in [9.17, 15) is 9.59 Å². The van der Waals surface area contributed by atoms with Crippen LogP contribution in [-0.4, -0.2) is 54.6 Å². The summed E-state index contributed by atoms with van der Waals surface area (Å²) in [7, 11) is 1.61. The minimum atomic E-state index is -0.439. The molecule has 1 fully saturated rings. The van der Waals surface area contributed by atoms with E-state index < -0.39 is 12.1 Å². The van der Waals surface area contributed by atoms with E-state index in [0.717, 1.165) is 25.9 Å². The van der Waals surface area contributed by atoms with Crippen LogP contribution in [0.3, 0.4) is 0 Å². The molecule has 16 heavy (non-hydrogen) atoms. The molecule has 92 valence electrons. The number of nitrogens with zero attached hydrogens (tertiary/aromatic N) is 2. The molecule has 1 saturated heterocycles. The third kappa shape index (κ3) is 2.65. The van der Waals surface area contributed by atoms with Crippen molar-refractivity contribution in [1.29, 1.82) is 0 Å². The summed E-state index contributed by atoms with van der Waals surface area (Å²) >= 11 is 0. The van der Waals surface area contributed by atoms with Gasteiger partial charge < -0.3 is 9.64 Å². The highest BCUT2D eigenvalue weighted by atomic mass is 16.6. The van der Waals surface area contributed by atoms with Gasteiger partial charge in [-0.05, 0) is 12.8 Å². The number of carbonyl (C=O) groups is 2. The van der Waals surface area contributed by atoms with Crippen molar-refractivity contribution in [2.24, 2.45) is 0 Å². The monoisotopic (exact) mass is 228 g/mol. The Kier molecular flexibility index (Phi) is 4.58. The van der Waals surface area contributed by atoms with E-state index in [0.29, 0.717) is 0 Å². The highest BCUT2D eigenvalue weighted by molar-refractivity contribution is 5.87. The number of hydrogen-bond acceptors (Lipinski definition) is 3. The molecule has 0 aromatic rings. The van der Waals surface area contributed by atoms with E-state index in [1.807, 2.05) is 18.7 Å². The molecule has 1 heterocycles. The lowest BCUT2D eigenvalue weighted by molar-refractivity contribution is -0.135. The van der Waals surface area contributed by atoms with Crippen molar-refractivity contribution < 1.29 is 14.3 Å². The Labute approximate surface area is 96.3 Å². The van der Waals surface area contributed by atoms with Crippen molar-refractivity contribution in [2.75, 3.05) is 26.7 Å². The van der Waals surface area contributed by atoms with Crippen LogP contribution in [-0.2, 0) is 9.53 Å². The van der Waals surface area contributed by atoms with Crippen LogP contribution in [0.15, 0.2) is 0 Å². The molecule has 1 rings (SSSR count). The zero-order chi connectivity index (χ0) is 12.1. The van der Waals surface area contributed by atoms with Crippen LogP contribution in [0.1, 0.15) is 26.7 Å². The first-order chi connectivity index (χ1) is 7.61. The molecule has 1 aliphatic heterocycles. The van der Waals surface area contributed by atoms with E-state index in [1.165, 1.54) is 4.90 Å². The zero-order valence-electron chi connectivity index (χ0n) is 10.2. The zero-order valence-corrected chi connectivity index (χ0v) is 10.2. The lowest BCUT2D eigenvalue weighted by Crippen LogP contribution is -2.46. The maximum atomic E-state index is 12.1. The van der Waals surface area contributed by atoms with E-state index in [4.69, 9.17) is 4.74 Å². The second kappa shape index (κ2) is 5.72. The average molecular weight is 228 g/mol. The Balaban J connectivity index is 2.63. The molecule has 1 unspecified atom stereocenters. The van der Waals surface area contributed by atoms with Gasteiger partial charge in [0.15, 0.2) is 0 Å². The van der Waals surface area contributed by atoms with Gasteiger partial charge in [-0.15, -0.1) is 0 Å². The molecule has 1 atom stereocenters. The van der Waals surface area contributed by atoms with Crippen molar-refractivity contribution in [3.05, 3.63) is 0 Å². The Morgan fingerprint density at radius 1 is 1.44 bits per heavy atom. The van der Waals surface area contributed by atoms with E-state index in [-0.39, 0.29) is 12.5 Å². The van der Waals surface area contributed by atoms with Gasteiger partial charge in [-0.3, -0.25) is 9.69 Å². The predicted octanol–water partition coefficient (Wildman–Crippen LogP) is 1.09. The van der Waals surface area contributed by atoms with Crippen LogP contribution in [0.5, 0.6) is 0 Å². The van der Waals surface area contributed by atoms with Crippen LogP contribution in [0.25, 0.3) is 0 Å². The van der Waals surface area contributed by atoms with Crippen molar-refractivity contribution in [2.45, 2.75) is 32.7 Å². The Hall–Kier alpha value is -1.26. The molecule has 0 aromatic carbocycles. The third-order valence-corrected chi connectivity index (χ3v) is 2.70. The van der Waals surface area contributed by atoms with Crippen LogP contribution in [0.2, 0.25) is 0 Å². The van der Waals surface area contributed by atoms with E-state index in [1.54, 1.807) is 7.05 Å². The lowest BCUT2D eigenvalue weighted by atomic mass is 10.2. The molecule has 0 bridgehead atoms. The van der Waals surface area contributed by atoms with Crippen LogP contribution < -0.4 is 0 Å². The van der Waals surface area contributed by atoms with E-state index >= 15 is 0 Å². The smallest absolute Gasteiger partial charge is 0.410 e. The normalized spacial score (nSPS) is 19.8. The second-order valence-electron chi connectivity index (χ2n) is 4.03. The van der Waals surface area contributed by atoms with Gasteiger partial charge in [0.1, 0.15) is 12.6 Å². The van der Waals surface area contributed by atoms with Gasteiger partial charge in [0.25, 0.3) is 0 Å². The highest BCUT2D eigenvalue weighted by Gasteiger charge is 2.37. The third-order valence-electron chi connectivity index (χ3n) is 2.70. The maximum absolute atomic E-state index is 12.1. The van der Waals surface area contributed by atoms with Gasteiger partial charge in [-0.2, -0.15) is 0 Å². The SMILES string of the molecule is CCCN(CCC)C(=O)C1COC(=O)N1C. The van der Waals surface area contributed by atoms with Crippen molar-refractivity contribution in [3.63, 3.8) is 0 Å². The first-order valence-electron chi connectivity index (χ1n) is 5.80. The number of carbonyl (C=O) groups excluding carboxylic acids is 2. The number of rotatable bonds is 5. The topological polar surface area (TPSA) is 49.9 Å². The number of likely N-dealkylation sites (N-methyl/N-ethyl adjacent to an activating group) is 1. The lowest BCUT2D eigenvalue weighted by Gasteiger charge is -2.26. The van der Waals surface area contributed by atoms with Crippen molar-refractivity contribution in [1.82, 2.24) is 9.80 Å². The van der Waals surface area contributed by atoms with Crippen LogP contribution in [0, 0.1) is 0 Å². The number of hydrogen-bond donors (Lipinski definition) is 0. The summed E-state index contributed by atoms with van der Waals surface area (Å²) in [5.74, 6) is -0.00273. The molecule has 0 spiro atoms. The van der Waals surface area contributed by atoms with Crippen molar-refractivity contribution >= 4 is 12.0 Å². The highest BCUT2D eigenvalue weighted by Crippen LogP contribution is 2.13. The summed E-state index contributed by atoms with van der Waals surface area (Å²) < 4.78 is 4.84. The molecule has 0 N–H and O–H groups in total. The Morgan fingerprint density at radius 3 is 2.38 bits per heavy atom. The summed E-state index contributed by atoms with van der Waals surface area (Å²) in [6.07, 6.45) is 1.44. The molecule has 5 heteroatoms. The Bertz CT molecular complexity index is 262. The van der Waals surface area contributed by atoms with Gasteiger partial charge in [0.05, 0.1) is 0 Å². The van der Waals surface area contributed by atoms with Gasteiger partial charge in [0.2, 0.25) is 5.91 Å². The fourth-order valence-electron chi connectivity index (χ4n) is 1.81. The molecule has 0 aliphatic carbocycles. The number of ether oxygens (including phenoxy) is 1. The second-order valence-corrected chi connectivity index (χ2v) is 4.03. The van der Waals surface area contributed by atoms with Crippen LogP contribution in [0.4, 0.5) is 4.79 Å². The first-order valence-corrected chi connectivity index (χ1v) is 5.80.